The highest BCUT2D eigenvalue weighted by Crippen LogP contribution is 2.38. The third kappa shape index (κ3) is 6.71. The van der Waals surface area contributed by atoms with Crippen molar-refractivity contribution in [2.45, 2.75) is 26.1 Å². The van der Waals surface area contributed by atoms with Crippen molar-refractivity contribution in [2.75, 3.05) is 28.6 Å². The molecule has 37 heavy (non-hydrogen) atoms. The van der Waals surface area contributed by atoms with Crippen molar-refractivity contribution in [1.29, 1.82) is 0 Å². The first-order chi connectivity index (χ1) is 17.8. The predicted molar refractivity (Wildman–Crippen MR) is 133 cm³/mol. The topological polar surface area (TPSA) is 107 Å². The fourth-order valence-electron chi connectivity index (χ4n) is 3.67. The van der Waals surface area contributed by atoms with E-state index in [4.69, 9.17) is 9.47 Å². The third-order valence-corrected chi connectivity index (χ3v) is 6.76. The minimum atomic E-state index is -3.57. The summed E-state index contributed by atoms with van der Waals surface area (Å²) in [5.41, 5.74) is 1.10. The van der Waals surface area contributed by atoms with E-state index >= 15 is 0 Å². The van der Waals surface area contributed by atoms with E-state index < -0.39 is 22.5 Å². The van der Waals surface area contributed by atoms with Crippen LogP contribution in [0, 0.1) is 0 Å². The molecule has 1 atom stereocenters. The van der Waals surface area contributed by atoms with Gasteiger partial charge in [0.05, 0.1) is 41.6 Å². The van der Waals surface area contributed by atoms with Gasteiger partial charge in [-0.1, -0.05) is 6.07 Å². The van der Waals surface area contributed by atoms with Crippen LogP contribution in [-0.2, 0) is 14.8 Å². The van der Waals surface area contributed by atoms with Gasteiger partial charge in [-0.05, 0) is 49.4 Å². The Morgan fingerprint density at radius 1 is 1.16 bits per heavy atom. The van der Waals surface area contributed by atoms with Gasteiger partial charge in [0.25, 0.3) is 5.91 Å². The Balaban J connectivity index is 1.79. The molecule has 0 aliphatic carbocycles. The lowest BCUT2D eigenvalue weighted by molar-refractivity contribution is -0.0521. The monoisotopic (exact) mass is 533 g/mol. The van der Waals surface area contributed by atoms with Crippen LogP contribution in [-0.4, -0.2) is 51.0 Å². The highest BCUT2D eigenvalue weighted by Gasteiger charge is 2.25. The fraction of sp³-hybridized carbons (Fsp3) is 0.280. The van der Waals surface area contributed by atoms with Crippen LogP contribution in [0.1, 0.15) is 23.7 Å². The van der Waals surface area contributed by atoms with Gasteiger partial charge in [0.15, 0.2) is 11.5 Å². The number of rotatable bonds is 10. The highest BCUT2D eigenvalue weighted by atomic mass is 32.2. The number of hydrogen-bond donors (Lipinski definition) is 1. The molecule has 0 spiro atoms. The van der Waals surface area contributed by atoms with Gasteiger partial charge in [0, 0.05) is 24.9 Å². The van der Waals surface area contributed by atoms with Crippen molar-refractivity contribution in [3.05, 3.63) is 72.6 Å². The van der Waals surface area contributed by atoms with E-state index in [9.17, 15) is 22.0 Å². The number of ether oxygens (including phenoxy) is 3. The number of sulfonamides is 1. The molecule has 3 aromatic rings. The lowest BCUT2D eigenvalue weighted by Gasteiger charge is -2.25. The Labute approximate surface area is 213 Å². The Hall–Kier alpha value is -3.77. The molecule has 0 unspecified atom stereocenters. The standard InChI is InChI=1S/C25H25F2N3O6S/c1-2-37(32,33)29-18-6-3-7-19(13-18)30(24(31)17-5-4-11-28-15-17)20-8-9-22(36-25(26)27)23(14-20)35-21-10-12-34-16-21/h3-9,11,13-15,21,25,29H,2,10,12,16H2,1H3/t21-/m1/s1. The molecule has 0 bridgehead atoms. The molecule has 1 aliphatic heterocycles. The molecule has 12 heteroatoms. The average molecular weight is 534 g/mol. The molecule has 4 rings (SSSR count). The molecule has 2 aromatic carbocycles. The zero-order chi connectivity index (χ0) is 26.4. The van der Waals surface area contributed by atoms with Crippen molar-refractivity contribution in [3.8, 4) is 11.5 Å². The maximum Gasteiger partial charge on any atom is 0.387 e. The number of halogens is 2. The Morgan fingerprint density at radius 2 is 1.97 bits per heavy atom. The van der Waals surface area contributed by atoms with Crippen LogP contribution < -0.4 is 19.1 Å². The number of pyridine rings is 1. The molecule has 1 amide bonds. The second kappa shape index (κ2) is 11.5. The summed E-state index contributed by atoms with van der Waals surface area (Å²) in [4.78, 5) is 19.0. The number of alkyl halides is 2. The van der Waals surface area contributed by atoms with E-state index in [1.54, 1.807) is 30.3 Å². The van der Waals surface area contributed by atoms with Crippen LogP contribution in [0.15, 0.2) is 67.0 Å². The first-order valence-electron chi connectivity index (χ1n) is 11.4. The molecule has 1 fully saturated rings. The maximum atomic E-state index is 13.7. The number of nitrogens with zero attached hydrogens (tertiary/aromatic N) is 2. The van der Waals surface area contributed by atoms with E-state index in [1.165, 1.54) is 48.5 Å². The number of carbonyl (C=O) groups excluding carboxylic acids is 1. The van der Waals surface area contributed by atoms with Crippen molar-refractivity contribution in [3.63, 3.8) is 0 Å². The zero-order valence-electron chi connectivity index (χ0n) is 19.8. The minimum absolute atomic E-state index is 0.0140. The van der Waals surface area contributed by atoms with Crippen molar-refractivity contribution in [2.24, 2.45) is 0 Å². The zero-order valence-corrected chi connectivity index (χ0v) is 20.7. The van der Waals surface area contributed by atoms with E-state index in [2.05, 4.69) is 14.4 Å². The van der Waals surface area contributed by atoms with Crippen molar-refractivity contribution in [1.82, 2.24) is 4.98 Å². The maximum absolute atomic E-state index is 13.7. The summed E-state index contributed by atoms with van der Waals surface area (Å²) in [6.45, 7) is -0.813. The molecule has 0 saturated carbocycles. The predicted octanol–water partition coefficient (Wildman–Crippen LogP) is 4.59. The fourth-order valence-corrected chi connectivity index (χ4v) is 4.30. The number of benzene rings is 2. The van der Waals surface area contributed by atoms with Gasteiger partial charge >= 0.3 is 6.61 Å². The average Bonchev–Trinajstić information content (AvgIpc) is 3.39. The Kier molecular flexibility index (Phi) is 8.19. The molecular formula is C25H25F2N3O6S. The van der Waals surface area contributed by atoms with E-state index in [0.717, 1.165) is 0 Å². The SMILES string of the molecule is CCS(=O)(=O)Nc1cccc(N(C(=O)c2cccnc2)c2ccc(OC(F)F)c(O[C@@H]3CCOC3)c2)c1. The number of hydrogen-bond acceptors (Lipinski definition) is 7. The molecule has 0 radical (unpaired) electrons. The summed E-state index contributed by atoms with van der Waals surface area (Å²) >= 11 is 0. The lowest BCUT2D eigenvalue weighted by Crippen LogP contribution is -2.26. The minimum Gasteiger partial charge on any atom is -0.484 e. The van der Waals surface area contributed by atoms with E-state index in [-0.39, 0.29) is 46.9 Å². The normalized spacial score (nSPS) is 15.4. The molecule has 1 aromatic heterocycles. The van der Waals surface area contributed by atoms with Crippen LogP contribution in [0.5, 0.6) is 11.5 Å². The van der Waals surface area contributed by atoms with Crippen LogP contribution in [0.4, 0.5) is 25.8 Å². The number of carbonyl (C=O) groups is 1. The quantitative estimate of drug-likeness (QED) is 0.406. The summed E-state index contributed by atoms with van der Waals surface area (Å²) in [6, 6.07) is 13.6. The Bertz CT molecular complexity index is 1340. The molecule has 1 saturated heterocycles. The first-order valence-corrected chi connectivity index (χ1v) is 13.1. The van der Waals surface area contributed by atoms with Crippen molar-refractivity contribution >= 4 is 33.0 Å². The number of aromatic nitrogens is 1. The van der Waals surface area contributed by atoms with Crippen LogP contribution >= 0.6 is 0 Å². The van der Waals surface area contributed by atoms with Crippen LogP contribution in [0.3, 0.4) is 0 Å². The highest BCUT2D eigenvalue weighted by molar-refractivity contribution is 7.92. The smallest absolute Gasteiger partial charge is 0.387 e. The van der Waals surface area contributed by atoms with Gasteiger partial charge in [-0.3, -0.25) is 19.4 Å². The van der Waals surface area contributed by atoms with Gasteiger partial charge in [0.1, 0.15) is 6.10 Å². The van der Waals surface area contributed by atoms with Gasteiger partial charge in [-0.2, -0.15) is 8.78 Å². The number of anilines is 3. The lowest BCUT2D eigenvalue weighted by atomic mass is 10.1. The molecule has 1 N–H and O–H groups in total. The van der Waals surface area contributed by atoms with Crippen LogP contribution in [0.25, 0.3) is 0 Å². The summed E-state index contributed by atoms with van der Waals surface area (Å²) in [7, 11) is -3.57. The molecule has 2 heterocycles. The molecule has 1 aliphatic rings. The van der Waals surface area contributed by atoms with Crippen LogP contribution in [0.2, 0.25) is 0 Å². The second-order valence-electron chi connectivity index (χ2n) is 8.05. The van der Waals surface area contributed by atoms with E-state index in [0.29, 0.717) is 18.7 Å². The summed E-state index contributed by atoms with van der Waals surface area (Å²) in [5, 5.41) is 0. The number of amides is 1. The third-order valence-electron chi connectivity index (χ3n) is 5.45. The molecular weight excluding hydrogens is 508 g/mol. The van der Waals surface area contributed by atoms with Crippen molar-refractivity contribution < 1.29 is 36.2 Å². The summed E-state index contributed by atoms with van der Waals surface area (Å²) in [6.07, 6.45) is 3.11. The molecule has 196 valence electrons. The molecule has 9 nitrogen and oxygen atoms in total. The Morgan fingerprint density at radius 3 is 2.65 bits per heavy atom. The number of nitrogens with one attached hydrogen (secondary N) is 1. The summed E-state index contributed by atoms with van der Waals surface area (Å²) in [5.74, 6) is -0.794. The largest absolute Gasteiger partial charge is 0.484 e. The van der Waals surface area contributed by atoms with Gasteiger partial charge in [0.2, 0.25) is 10.0 Å². The second-order valence-corrected chi connectivity index (χ2v) is 10.1. The van der Waals surface area contributed by atoms with Gasteiger partial charge in [-0.25, -0.2) is 8.42 Å². The van der Waals surface area contributed by atoms with E-state index in [1.807, 2.05) is 0 Å². The van der Waals surface area contributed by atoms with Gasteiger partial charge in [-0.15, -0.1) is 0 Å². The van der Waals surface area contributed by atoms with Gasteiger partial charge < -0.3 is 14.2 Å². The first kappa shape index (κ1) is 26.3. The summed E-state index contributed by atoms with van der Waals surface area (Å²) < 4.78 is 68.7.